The summed E-state index contributed by atoms with van der Waals surface area (Å²) in [5.74, 6) is -3.10. The van der Waals surface area contributed by atoms with Crippen LogP contribution in [0.5, 0.6) is 0 Å². The molecule has 27 heavy (non-hydrogen) atoms. The highest BCUT2D eigenvalue weighted by atomic mass is 32.1. The highest BCUT2D eigenvalue weighted by molar-refractivity contribution is 7.80. The van der Waals surface area contributed by atoms with Crippen LogP contribution in [0.1, 0.15) is 41.0 Å². The zero-order valence-electron chi connectivity index (χ0n) is 16.5. The molecular formula is C17H32N4O5S. The van der Waals surface area contributed by atoms with Gasteiger partial charge < -0.3 is 26.8 Å². The third kappa shape index (κ3) is 9.09. The second kappa shape index (κ2) is 11.8. The summed E-state index contributed by atoms with van der Waals surface area (Å²) in [5, 5.41) is 16.6. The number of thiol groups is 1. The minimum absolute atomic E-state index is 0.0831. The molecule has 0 fully saturated rings. The van der Waals surface area contributed by atoms with Crippen LogP contribution in [0.3, 0.4) is 0 Å². The molecule has 0 aliphatic heterocycles. The molecule has 0 bridgehead atoms. The van der Waals surface area contributed by atoms with Crippen molar-refractivity contribution >= 4 is 36.3 Å². The van der Waals surface area contributed by atoms with Crippen molar-refractivity contribution in [1.82, 2.24) is 16.0 Å². The fraction of sp³-hybridized carbons (Fsp3) is 0.765. The number of nitrogens with two attached hydrogens (primary N) is 1. The lowest BCUT2D eigenvalue weighted by Gasteiger charge is -2.27. The Hall–Kier alpha value is -1.81. The van der Waals surface area contributed by atoms with Crippen LogP contribution in [-0.2, 0) is 19.2 Å². The minimum Gasteiger partial charge on any atom is -0.480 e. The van der Waals surface area contributed by atoms with E-state index in [-0.39, 0.29) is 17.6 Å². The van der Waals surface area contributed by atoms with Crippen molar-refractivity contribution in [1.29, 1.82) is 0 Å². The van der Waals surface area contributed by atoms with Crippen molar-refractivity contribution < 1.29 is 24.3 Å². The summed E-state index contributed by atoms with van der Waals surface area (Å²) in [7, 11) is 0. The predicted octanol–water partition coefficient (Wildman–Crippen LogP) is -0.495. The lowest BCUT2D eigenvalue weighted by Crippen LogP contribution is -2.58. The van der Waals surface area contributed by atoms with Crippen LogP contribution in [0, 0.1) is 11.8 Å². The zero-order valence-corrected chi connectivity index (χ0v) is 17.4. The molecule has 4 atom stereocenters. The Morgan fingerprint density at radius 3 is 1.78 bits per heavy atom. The fourth-order valence-corrected chi connectivity index (χ4v) is 2.49. The number of carbonyl (C=O) groups excluding carboxylic acids is 3. The summed E-state index contributed by atoms with van der Waals surface area (Å²) in [5.41, 5.74) is 5.54. The molecule has 6 N–H and O–H groups in total. The SMILES string of the molecule is CC(C)CC(NC(=O)C(C)N)C(=O)NC(C(=O)NC(CS)C(=O)O)C(C)C. The van der Waals surface area contributed by atoms with Gasteiger partial charge in [0.15, 0.2) is 0 Å². The van der Waals surface area contributed by atoms with E-state index in [2.05, 4.69) is 28.6 Å². The second-order valence-corrected chi connectivity index (χ2v) is 7.66. The summed E-state index contributed by atoms with van der Waals surface area (Å²) < 4.78 is 0. The van der Waals surface area contributed by atoms with Gasteiger partial charge in [0.1, 0.15) is 18.1 Å². The molecule has 0 aromatic rings. The summed E-state index contributed by atoms with van der Waals surface area (Å²) in [6.07, 6.45) is 0.366. The van der Waals surface area contributed by atoms with E-state index in [1.54, 1.807) is 13.8 Å². The van der Waals surface area contributed by atoms with E-state index >= 15 is 0 Å². The largest absolute Gasteiger partial charge is 0.480 e. The Morgan fingerprint density at radius 1 is 0.889 bits per heavy atom. The Bertz CT molecular complexity index is 539. The molecule has 4 unspecified atom stereocenters. The number of hydrogen-bond donors (Lipinski definition) is 6. The molecule has 0 aliphatic carbocycles. The quantitative estimate of drug-likeness (QED) is 0.256. The summed E-state index contributed by atoms with van der Waals surface area (Å²) in [6, 6.07) is -3.74. The Labute approximate surface area is 165 Å². The Morgan fingerprint density at radius 2 is 1.41 bits per heavy atom. The van der Waals surface area contributed by atoms with Crippen LogP contribution in [0.2, 0.25) is 0 Å². The average Bonchev–Trinajstić information content (AvgIpc) is 2.55. The monoisotopic (exact) mass is 404 g/mol. The third-order valence-corrected chi connectivity index (χ3v) is 4.16. The van der Waals surface area contributed by atoms with Crippen molar-refractivity contribution in [2.75, 3.05) is 5.75 Å². The molecule has 3 amide bonds. The van der Waals surface area contributed by atoms with E-state index in [0.29, 0.717) is 6.42 Å². The van der Waals surface area contributed by atoms with Crippen LogP contribution < -0.4 is 21.7 Å². The number of rotatable bonds is 11. The number of carboxylic acid groups (broad SMARTS) is 1. The third-order valence-electron chi connectivity index (χ3n) is 3.80. The van der Waals surface area contributed by atoms with Gasteiger partial charge in [-0.25, -0.2) is 4.79 Å². The molecule has 0 aliphatic rings. The van der Waals surface area contributed by atoms with Crippen molar-refractivity contribution in [3.05, 3.63) is 0 Å². The molecule has 0 saturated carbocycles. The maximum atomic E-state index is 12.7. The number of carbonyl (C=O) groups is 4. The van der Waals surface area contributed by atoms with E-state index in [9.17, 15) is 19.2 Å². The summed E-state index contributed by atoms with van der Waals surface area (Å²) in [6.45, 7) is 8.75. The number of amides is 3. The van der Waals surface area contributed by atoms with Crippen molar-refractivity contribution in [3.8, 4) is 0 Å². The van der Waals surface area contributed by atoms with E-state index < -0.39 is 47.9 Å². The molecule has 0 aromatic carbocycles. The van der Waals surface area contributed by atoms with Crippen LogP contribution in [0.4, 0.5) is 0 Å². The maximum absolute atomic E-state index is 12.7. The van der Waals surface area contributed by atoms with E-state index in [0.717, 1.165) is 0 Å². The first-order valence-corrected chi connectivity index (χ1v) is 9.54. The van der Waals surface area contributed by atoms with Gasteiger partial charge >= 0.3 is 5.97 Å². The topological polar surface area (TPSA) is 151 Å². The van der Waals surface area contributed by atoms with Crippen molar-refractivity contribution in [2.24, 2.45) is 17.6 Å². The van der Waals surface area contributed by atoms with E-state index in [4.69, 9.17) is 10.8 Å². The maximum Gasteiger partial charge on any atom is 0.327 e. The van der Waals surface area contributed by atoms with Crippen LogP contribution in [-0.4, -0.2) is 58.7 Å². The minimum atomic E-state index is -1.21. The van der Waals surface area contributed by atoms with Crippen LogP contribution in [0.15, 0.2) is 0 Å². The van der Waals surface area contributed by atoms with Gasteiger partial charge in [-0.1, -0.05) is 27.7 Å². The molecule has 9 nitrogen and oxygen atoms in total. The standard InChI is InChI=1S/C17H32N4O5S/c1-8(2)6-11(19-14(22)10(5)18)15(23)21-13(9(3)4)16(24)20-12(7-27)17(25)26/h8-13,27H,6-7,18H2,1-5H3,(H,19,22)(H,20,24)(H,21,23)(H,25,26). The first kappa shape index (κ1) is 25.2. The van der Waals surface area contributed by atoms with Gasteiger partial charge in [-0.15, -0.1) is 0 Å². The Balaban J connectivity index is 5.26. The first-order valence-electron chi connectivity index (χ1n) is 8.91. The zero-order chi connectivity index (χ0) is 21.3. The molecule has 0 aromatic heterocycles. The van der Waals surface area contributed by atoms with E-state index in [1.165, 1.54) is 6.92 Å². The van der Waals surface area contributed by atoms with Crippen LogP contribution in [0.25, 0.3) is 0 Å². The molecule has 0 saturated heterocycles. The van der Waals surface area contributed by atoms with Crippen LogP contribution >= 0.6 is 12.6 Å². The van der Waals surface area contributed by atoms with Gasteiger partial charge in [-0.05, 0) is 25.2 Å². The molecule has 0 spiro atoms. The molecule has 10 heteroatoms. The van der Waals surface area contributed by atoms with Gasteiger partial charge in [0.2, 0.25) is 17.7 Å². The second-order valence-electron chi connectivity index (χ2n) is 7.29. The number of nitrogens with one attached hydrogen (secondary N) is 3. The van der Waals surface area contributed by atoms with Gasteiger partial charge in [0.05, 0.1) is 6.04 Å². The number of hydrogen-bond acceptors (Lipinski definition) is 6. The normalized spacial score (nSPS) is 15.6. The highest BCUT2D eigenvalue weighted by Crippen LogP contribution is 2.08. The smallest absolute Gasteiger partial charge is 0.327 e. The Kier molecular flexibility index (Phi) is 11.0. The van der Waals surface area contributed by atoms with E-state index in [1.807, 2.05) is 13.8 Å². The molecule has 0 radical (unpaired) electrons. The first-order chi connectivity index (χ1) is 12.4. The van der Waals surface area contributed by atoms with Gasteiger partial charge in [0, 0.05) is 5.75 Å². The van der Waals surface area contributed by atoms with Crippen molar-refractivity contribution in [2.45, 2.75) is 65.2 Å². The average molecular weight is 405 g/mol. The van der Waals surface area contributed by atoms with Gasteiger partial charge in [-0.3, -0.25) is 14.4 Å². The summed E-state index contributed by atoms with van der Waals surface area (Å²) in [4.78, 5) is 48.1. The van der Waals surface area contributed by atoms with Crippen molar-refractivity contribution in [3.63, 3.8) is 0 Å². The molecule has 0 rings (SSSR count). The fourth-order valence-electron chi connectivity index (χ4n) is 2.24. The molecule has 156 valence electrons. The predicted molar refractivity (Wildman–Crippen MR) is 105 cm³/mol. The molecular weight excluding hydrogens is 372 g/mol. The highest BCUT2D eigenvalue weighted by Gasteiger charge is 2.31. The van der Waals surface area contributed by atoms with Gasteiger partial charge in [-0.2, -0.15) is 12.6 Å². The number of aliphatic carboxylic acids is 1. The number of carboxylic acids is 1. The lowest BCUT2D eigenvalue weighted by molar-refractivity contribution is -0.142. The lowest BCUT2D eigenvalue weighted by atomic mass is 9.99. The molecule has 0 heterocycles. The van der Waals surface area contributed by atoms with Gasteiger partial charge in [0.25, 0.3) is 0 Å². The summed E-state index contributed by atoms with van der Waals surface area (Å²) >= 11 is 3.90.